The first-order chi connectivity index (χ1) is 10.7. The van der Waals surface area contributed by atoms with Crippen molar-refractivity contribution in [3.8, 4) is 0 Å². The Balaban J connectivity index is 2.22. The number of hydrogen-bond acceptors (Lipinski definition) is 4. The Bertz CT molecular complexity index is 659. The highest BCUT2D eigenvalue weighted by Gasteiger charge is 2.28. The van der Waals surface area contributed by atoms with E-state index in [4.69, 9.17) is 5.11 Å². The summed E-state index contributed by atoms with van der Waals surface area (Å²) in [5, 5.41) is 11.7. The molecule has 0 saturated carbocycles. The summed E-state index contributed by atoms with van der Waals surface area (Å²) in [6.07, 6.45) is 0. The molecule has 1 aromatic carbocycles. The number of nitrogens with one attached hydrogen (secondary N) is 1. The first kappa shape index (κ1) is 16.8. The Morgan fingerprint density at radius 1 is 1.43 bits per heavy atom. The summed E-state index contributed by atoms with van der Waals surface area (Å²) in [5.41, 5.74) is 1.84. The number of carboxylic acids is 1. The van der Waals surface area contributed by atoms with Crippen molar-refractivity contribution in [2.75, 3.05) is 30.9 Å². The van der Waals surface area contributed by atoms with Crippen molar-refractivity contribution in [2.24, 2.45) is 5.92 Å². The Morgan fingerprint density at radius 2 is 2.09 bits per heavy atom. The summed E-state index contributed by atoms with van der Waals surface area (Å²) < 4.78 is 0. The standard InChI is InChI=1S/C16H21N3O4/c1-9(16(22)23)8-18(3)15(21)11-5-6-13-12(7-11)17-14(20)10(2)19(13)4/h5-7,9-10H,8H2,1-4H3,(H,17,20)(H,22,23). The second kappa shape index (κ2) is 6.28. The summed E-state index contributed by atoms with van der Waals surface area (Å²) in [6, 6.07) is 4.82. The fraction of sp³-hybridized carbons (Fsp3) is 0.438. The molecule has 7 heteroatoms. The molecule has 1 aliphatic rings. The number of hydrogen-bond donors (Lipinski definition) is 2. The van der Waals surface area contributed by atoms with E-state index in [9.17, 15) is 14.4 Å². The molecule has 2 rings (SSSR count). The summed E-state index contributed by atoms with van der Waals surface area (Å²) >= 11 is 0. The van der Waals surface area contributed by atoms with Crippen molar-refractivity contribution < 1.29 is 19.5 Å². The van der Waals surface area contributed by atoms with Gasteiger partial charge in [0.2, 0.25) is 5.91 Å². The Labute approximate surface area is 134 Å². The lowest BCUT2D eigenvalue weighted by molar-refractivity contribution is -0.141. The van der Waals surface area contributed by atoms with E-state index in [1.807, 2.05) is 11.9 Å². The lowest BCUT2D eigenvalue weighted by atomic mass is 10.1. The second-order valence-corrected chi connectivity index (χ2v) is 5.93. The SMILES string of the molecule is CC(CN(C)C(=O)c1ccc2c(c1)NC(=O)C(C)N2C)C(=O)O. The van der Waals surface area contributed by atoms with Gasteiger partial charge in [0.15, 0.2) is 0 Å². The molecule has 23 heavy (non-hydrogen) atoms. The van der Waals surface area contributed by atoms with E-state index in [2.05, 4.69) is 5.32 Å². The number of fused-ring (bicyclic) bond motifs is 1. The van der Waals surface area contributed by atoms with Gasteiger partial charge in [-0.25, -0.2) is 0 Å². The van der Waals surface area contributed by atoms with Crippen molar-refractivity contribution >= 4 is 29.2 Å². The number of carbonyl (C=O) groups is 3. The molecule has 2 atom stereocenters. The number of anilines is 2. The van der Waals surface area contributed by atoms with Crippen LogP contribution >= 0.6 is 0 Å². The topological polar surface area (TPSA) is 90.0 Å². The van der Waals surface area contributed by atoms with Gasteiger partial charge in [0, 0.05) is 26.2 Å². The third-order valence-electron chi connectivity index (χ3n) is 4.16. The van der Waals surface area contributed by atoms with Gasteiger partial charge in [-0.3, -0.25) is 14.4 Å². The highest BCUT2D eigenvalue weighted by atomic mass is 16.4. The molecule has 0 fully saturated rings. The van der Waals surface area contributed by atoms with Crippen molar-refractivity contribution in [3.63, 3.8) is 0 Å². The van der Waals surface area contributed by atoms with Gasteiger partial charge < -0.3 is 20.2 Å². The molecule has 2 unspecified atom stereocenters. The maximum Gasteiger partial charge on any atom is 0.308 e. The average Bonchev–Trinajstić information content (AvgIpc) is 2.51. The summed E-state index contributed by atoms with van der Waals surface area (Å²) in [7, 11) is 3.39. The zero-order valence-electron chi connectivity index (χ0n) is 13.7. The molecule has 124 valence electrons. The average molecular weight is 319 g/mol. The number of nitrogens with zero attached hydrogens (tertiary/aromatic N) is 2. The molecule has 0 aromatic heterocycles. The number of carbonyl (C=O) groups excluding carboxylic acids is 2. The van der Waals surface area contributed by atoms with Crippen LogP contribution in [-0.4, -0.2) is 54.5 Å². The Morgan fingerprint density at radius 3 is 2.70 bits per heavy atom. The molecule has 1 heterocycles. The van der Waals surface area contributed by atoms with Crippen LogP contribution < -0.4 is 10.2 Å². The van der Waals surface area contributed by atoms with E-state index in [0.717, 1.165) is 5.69 Å². The fourth-order valence-electron chi connectivity index (χ4n) is 2.49. The van der Waals surface area contributed by atoms with E-state index < -0.39 is 11.9 Å². The van der Waals surface area contributed by atoms with Crippen molar-refractivity contribution in [1.29, 1.82) is 0 Å². The molecule has 7 nitrogen and oxygen atoms in total. The normalized spacial score (nSPS) is 18.0. The van der Waals surface area contributed by atoms with Gasteiger partial charge in [0.1, 0.15) is 6.04 Å². The predicted molar refractivity (Wildman–Crippen MR) is 86.7 cm³/mol. The van der Waals surface area contributed by atoms with Gasteiger partial charge in [0.05, 0.1) is 17.3 Å². The molecule has 0 radical (unpaired) electrons. The molecule has 0 saturated heterocycles. The van der Waals surface area contributed by atoms with Crippen LogP contribution in [0.5, 0.6) is 0 Å². The fourth-order valence-corrected chi connectivity index (χ4v) is 2.49. The molecule has 1 aromatic rings. The van der Waals surface area contributed by atoms with E-state index in [-0.39, 0.29) is 24.4 Å². The van der Waals surface area contributed by atoms with Gasteiger partial charge in [-0.05, 0) is 25.1 Å². The van der Waals surface area contributed by atoms with Gasteiger partial charge >= 0.3 is 5.97 Å². The molecule has 2 N–H and O–H groups in total. The number of benzene rings is 1. The van der Waals surface area contributed by atoms with Crippen LogP contribution in [0.25, 0.3) is 0 Å². The van der Waals surface area contributed by atoms with Crippen molar-refractivity contribution in [1.82, 2.24) is 4.90 Å². The Hall–Kier alpha value is -2.57. The molecular weight excluding hydrogens is 298 g/mol. The minimum atomic E-state index is -0.946. The van der Waals surface area contributed by atoms with Crippen LogP contribution in [0.4, 0.5) is 11.4 Å². The molecule has 1 aliphatic heterocycles. The van der Waals surface area contributed by atoms with Crippen molar-refractivity contribution in [3.05, 3.63) is 23.8 Å². The number of carboxylic acid groups (broad SMARTS) is 1. The first-order valence-electron chi connectivity index (χ1n) is 7.38. The van der Waals surface area contributed by atoms with Crippen LogP contribution in [0.15, 0.2) is 18.2 Å². The van der Waals surface area contributed by atoms with Crippen LogP contribution in [0.2, 0.25) is 0 Å². The van der Waals surface area contributed by atoms with Gasteiger partial charge in [0.25, 0.3) is 5.91 Å². The first-order valence-corrected chi connectivity index (χ1v) is 7.38. The summed E-state index contributed by atoms with van der Waals surface area (Å²) in [4.78, 5) is 38.4. The third kappa shape index (κ3) is 3.28. The monoisotopic (exact) mass is 319 g/mol. The number of amides is 2. The molecular formula is C16H21N3O4. The van der Waals surface area contributed by atoms with Crippen LogP contribution in [0.3, 0.4) is 0 Å². The maximum atomic E-state index is 12.4. The van der Waals surface area contributed by atoms with Crippen LogP contribution in [0, 0.1) is 5.92 Å². The molecule has 2 amide bonds. The van der Waals surface area contributed by atoms with Gasteiger partial charge in [-0.1, -0.05) is 6.92 Å². The highest BCUT2D eigenvalue weighted by molar-refractivity contribution is 6.05. The zero-order valence-corrected chi connectivity index (χ0v) is 13.7. The molecule has 0 bridgehead atoms. The minimum absolute atomic E-state index is 0.120. The molecule has 0 spiro atoms. The minimum Gasteiger partial charge on any atom is -0.481 e. The van der Waals surface area contributed by atoms with Crippen molar-refractivity contribution in [2.45, 2.75) is 19.9 Å². The quantitative estimate of drug-likeness (QED) is 0.872. The van der Waals surface area contributed by atoms with E-state index >= 15 is 0 Å². The lowest BCUT2D eigenvalue weighted by Crippen LogP contribution is -2.44. The van der Waals surface area contributed by atoms with E-state index in [1.54, 1.807) is 39.1 Å². The zero-order chi connectivity index (χ0) is 17.3. The smallest absolute Gasteiger partial charge is 0.308 e. The third-order valence-corrected chi connectivity index (χ3v) is 4.16. The number of rotatable bonds is 4. The summed E-state index contributed by atoms with van der Waals surface area (Å²) in [6.45, 7) is 3.47. The number of likely N-dealkylation sites (N-methyl/N-ethyl adjacent to an activating group) is 1. The molecule has 0 aliphatic carbocycles. The largest absolute Gasteiger partial charge is 0.481 e. The lowest BCUT2D eigenvalue weighted by Gasteiger charge is -2.33. The van der Waals surface area contributed by atoms with Crippen LogP contribution in [0.1, 0.15) is 24.2 Å². The summed E-state index contributed by atoms with van der Waals surface area (Å²) in [5.74, 6) is -2.00. The highest BCUT2D eigenvalue weighted by Crippen LogP contribution is 2.32. The van der Waals surface area contributed by atoms with Crippen LogP contribution in [-0.2, 0) is 9.59 Å². The number of aliphatic carboxylic acids is 1. The van der Waals surface area contributed by atoms with E-state index in [1.165, 1.54) is 4.90 Å². The van der Waals surface area contributed by atoms with Gasteiger partial charge in [-0.2, -0.15) is 0 Å². The maximum absolute atomic E-state index is 12.4. The second-order valence-electron chi connectivity index (χ2n) is 5.93. The van der Waals surface area contributed by atoms with Gasteiger partial charge in [-0.15, -0.1) is 0 Å². The Kier molecular flexibility index (Phi) is 4.58. The predicted octanol–water partition coefficient (Wildman–Crippen LogP) is 1.26. The van der Waals surface area contributed by atoms with E-state index in [0.29, 0.717) is 11.3 Å².